The molecule has 0 aliphatic carbocycles. The van der Waals surface area contributed by atoms with Crippen LogP contribution >= 0.6 is 23.3 Å². The molecule has 1 aromatic heterocycles. The van der Waals surface area contributed by atoms with Gasteiger partial charge in [0.1, 0.15) is 5.82 Å². The van der Waals surface area contributed by atoms with Crippen molar-refractivity contribution in [1.82, 2.24) is 19.6 Å². The van der Waals surface area contributed by atoms with Crippen LogP contribution in [-0.2, 0) is 11.2 Å². The molecule has 0 unspecified atom stereocenters. The van der Waals surface area contributed by atoms with Gasteiger partial charge < -0.3 is 19.9 Å². The normalized spacial score (nSPS) is 20.8. The number of piperazine rings is 1. The Labute approximate surface area is 171 Å². The van der Waals surface area contributed by atoms with Gasteiger partial charge in [-0.15, -0.1) is 0 Å². The highest BCUT2D eigenvalue weighted by Gasteiger charge is 2.32. The van der Waals surface area contributed by atoms with Crippen LogP contribution in [0.15, 0.2) is 4.99 Å². The van der Waals surface area contributed by atoms with E-state index >= 15 is 0 Å². The molecule has 2 aliphatic rings. The van der Waals surface area contributed by atoms with E-state index in [1.54, 1.807) is 0 Å². The Bertz CT molecular complexity index is 609. The predicted molar refractivity (Wildman–Crippen MR) is 115 cm³/mol. The van der Waals surface area contributed by atoms with Crippen molar-refractivity contribution in [2.75, 3.05) is 63.6 Å². The Morgan fingerprint density at radius 3 is 2.59 bits per heavy atom. The van der Waals surface area contributed by atoms with E-state index < -0.39 is 0 Å². The molecule has 0 radical (unpaired) electrons. The Balaban J connectivity index is 1.60. The quantitative estimate of drug-likeness (QED) is 0.567. The number of aliphatic imine (C=N–C) groups is 1. The average Bonchev–Trinajstić information content (AvgIpc) is 3.21. The highest BCUT2D eigenvalue weighted by Crippen LogP contribution is 2.34. The third-order valence-electron chi connectivity index (χ3n) is 5.31. The Morgan fingerprint density at radius 1 is 1.26 bits per heavy atom. The van der Waals surface area contributed by atoms with Crippen LogP contribution in [0.3, 0.4) is 0 Å². The van der Waals surface area contributed by atoms with Gasteiger partial charge >= 0.3 is 0 Å². The molecule has 27 heavy (non-hydrogen) atoms. The molecule has 0 spiro atoms. The van der Waals surface area contributed by atoms with Crippen LogP contribution in [0.2, 0.25) is 0 Å². The second-order valence-corrected chi connectivity index (χ2v) is 9.00. The molecule has 1 aromatic rings. The van der Waals surface area contributed by atoms with Crippen molar-refractivity contribution >= 4 is 34.4 Å². The molecule has 3 heterocycles. The van der Waals surface area contributed by atoms with Gasteiger partial charge in [0.25, 0.3) is 0 Å². The van der Waals surface area contributed by atoms with Crippen molar-refractivity contribution in [3.8, 4) is 0 Å². The molecule has 0 saturated carbocycles. The van der Waals surface area contributed by atoms with Gasteiger partial charge in [-0.3, -0.25) is 4.99 Å². The van der Waals surface area contributed by atoms with Crippen molar-refractivity contribution in [2.24, 2.45) is 4.99 Å². The van der Waals surface area contributed by atoms with Crippen molar-refractivity contribution < 1.29 is 4.74 Å². The minimum Gasteiger partial charge on any atom is -0.381 e. The number of aryl methyl sites for hydroxylation is 1. The predicted octanol–water partition coefficient (Wildman–Crippen LogP) is 2.10. The summed E-state index contributed by atoms with van der Waals surface area (Å²) < 4.78 is 10.2. The molecule has 152 valence electrons. The summed E-state index contributed by atoms with van der Waals surface area (Å²) in [6.45, 7) is 11.5. The molecular weight excluding hydrogens is 380 g/mol. The summed E-state index contributed by atoms with van der Waals surface area (Å²) in [4.78, 5) is 14.4. The Morgan fingerprint density at radius 2 is 2.00 bits per heavy atom. The van der Waals surface area contributed by atoms with E-state index in [-0.39, 0.29) is 4.75 Å². The maximum absolute atomic E-state index is 5.56. The van der Waals surface area contributed by atoms with Crippen LogP contribution in [-0.4, -0.2) is 83.7 Å². The maximum Gasteiger partial charge on any atom is 0.205 e. The summed E-state index contributed by atoms with van der Waals surface area (Å²) >= 11 is 3.46. The van der Waals surface area contributed by atoms with Crippen molar-refractivity contribution in [1.29, 1.82) is 0 Å². The fourth-order valence-electron chi connectivity index (χ4n) is 3.44. The Hall–Kier alpha value is -1.06. The largest absolute Gasteiger partial charge is 0.381 e. The van der Waals surface area contributed by atoms with E-state index in [4.69, 9.17) is 9.73 Å². The van der Waals surface area contributed by atoms with Crippen molar-refractivity contribution in [3.05, 3.63) is 5.82 Å². The molecule has 2 fully saturated rings. The minimum atomic E-state index is 0.226. The molecule has 2 aliphatic heterocycles. The van der Waals surface area contributed by atoms with Crippen molar-refractivity contribution in [3.63, 3.8) is 0 Å². The molecule has 0 bridgehead atoms. The lowest BCUT2D eigenvalue weighted by molar-refractivity contribution is 0.0793. The number of hydrogen-bond acceptors (Lipinski definition) is 7. The number of ether oxygens (including phenoxy) is 1. The fraction of sp³-hybridized carbons (Fsp3) is 0.833. The molecule has 2 saturated heterocycles. The lowest BCUT2D eigenvalue weighted by Crippen LogP contribution is -2.53. The van der Waals surface area contributed by atoms with Gasteiger partial charge in [0.2, 0.25) is 5.13 Å². The molecule has 0 atom stereocenters. The van der Waals surface area contributed by atoms with Gasteiger partial charge in [0.05, 0.1) is 6.54 Å². The van der Waals surface area contributed by atoms with Gasteiger partial charge in [-0.2, -0.15) is 16.1 Å². The van der Waals surface area contributed by atoms with E-state index in [1.807, 2.05) is 11.8 Å². The molecule has 7 nitrogen and oxygen atoms in total. The SMILES string of the molecule is CCNC(=NCC1(SC)CCOCC1)N1CCN(c2nc(CC)ns2)CC1. The second-order valence-electron chi connectivity index (χ2n) is 6.99. The van der Waals surface area contributed by atoms with Crippen LogP contribution in [0, 0.1) is 0 Å². The average molecular weight is 413 g/mol. The monoisotopic (exact) mass is 412 g/mol. The van der Waals surface area contributed by atoms with E-state index in [2.05, 4.69) is 44.6 Å². The van der Waals surface area contributed by atoms with Gasteiger partial charge in [0, 0.05) is 68.6 Å². The number of aromatic nitrogens is 2. The van der Waals surface area contributed by atoms with Crippen molar-refractivity contribution in [2.45, 2.75) is 37.9 Å². The van der Waals surface area contributed by atoms with Gasteiger partial charge in [0.15, 0.2) is 5.96 Å². The number of anilines is 1. The highest BCUT2D eigenvalue weighted by atomic mass is 32.2. The molecule has 0 amide bonds. The standard InChI is InChI=1S/C18H32N6OS2/c1-4-15-21-17(27-22-15)24-10-8-23(9-11-24)16(19-5-2)20-14-18(26-3)6-12-25-13-7-18/h4-14H2,1-3H3,(H,19,20). The number of nitrogens with zero attached hydrogens (tertiary/aromatic N) is 5. The van der Waals surface area contributed by atoms with Crippen LogP contribution in [0.1, 0.15) is 32.5 Å². The summed E-state index contributed by atoms with van der Waals surface area (Å²) in [6.07, 6.45) is 5.28. The lowest BCUT2D eigenvalue weighted by Gasteiger charge is -2.38. The third kappa shape index (κ3) is 5.26. The zero-order valence-electron chi connectivity index (χ0n) is 16.7. The highest BCUT2D eigenvalue weighted by molar-refractivity contribution is 8.00. The molecule has 9 heteroatoms. The summed E-state index contributed by atoms with van der Waals surface area (Å²) in [7, 11) is 0. The summed E-state index contributed by atoms with van der Waals surface area (Å²) in [5.74, 6) is 2.00. The first-order chi connectivity index (χ1) is 13.2. The zero-order chi connectivity index (χ0) is 19.1. The first kappa shape index (κ1) is 20.7. The fourth-order valence-corrected chi connectivity index (χ4v) is 5.01. The maximum atomic E-state index is 5.56. The first-order valence-corrected chi connectivity index (χ1v) is 11.9. The molecular formula is C18H32N6OS2. The number of rotatable bonds is 6. The van der Waals surface area contributed by atoms with Crippen LogP contribution in [0.5, 0.6) is 0 Å². The van der Waals surface area contributed by atoms with Gasteiger partial charge in [-0.25, -0.2) is 4.98 Å². The van der Waals surface area contributed by atoms with Crippen LogP contribution < -0.4 is 10.2 Å². The smallest absolute Gasteiger partial charge is 0.205 e. The van der Waals surface area contributed by atoms with Gasteiger partial charge in [-0.1, -0.05) is 6.92 Å². The van der Waals surface area contributed by atoms with E-state index in [1.165, 1.54) is 11.5 Å². The number of guanidine groups is 1. The summed E-state index contributed by atoms with van der Waals surface area (Å²) in [5.41, 5.74) is 0. The molecule has 3 rings (SSSR count). The van der Waals surface area contributed by atoms with E-state index in [0.717, 1.165) is 88.7 Å². The van der Waals surface area contributed by atoms with Gasteiger partial charge in [-0.05, 0) is 26.0 Å². The number of nitrogens with one attached hydrogen (secondary N) is 1. The number of hydrogen-bond donors (Lipinski definition) is 1. The summed E-state index contributed by atoms with van der Waals surface area (Å²) in [6, 6.07) is 0. The topological polar surface area (TPSA) is 65.9 Å². The number of thioether (sulfide) groups is 1. The lowest BCUT2D eigenvalue weighted by atomic mass is 9.99. The first-order valence-electron chi connectivity index (χ1n) is 9.93. The zero-order valence-corrected chi connectivity index (χ0v) is 18.4. The second kappa shape index (κ2) is 9.93. The molecule has 0 aromatic carbocycles. The van der Waals surface area contributed by atoms with E-state index in [0.29, 0.717) is 0 Å². The van der Waals surface area contributed by atoms with E-state index in [9.17, 15) is 0 Å². The van der Waals surface area contributed by atoms with Crippen LogP contribution in [0.4, 0.5) is 5.13 Å². The Kier molecular flexibility index (Phi) is 7.60. The minimum absolute atomic E-state index is 0.226. The third-order valence-corrected chi connectivity index (χ3v) is 7.53. The molecule has 1 N–H and O–H groups in total. The summed E-state index contributed by atoms with van der Waals surface area (Å²) in [5, 5.41) is 4.55. The van der Waals surface area contributed by atoms with Crippen LogP contribution in [0.25, 0.3) is 0 Å².